The van der Waals surface area contributed by atoms with E-state index in [1.54, 1.807) is 37.7 Å². The molecule has 0 atom stereocenters. The normalized spacial score (nSPS) is 12.2. The number of hydrogen-bond acceptors (Lipinski definition) is 0. The molecule has 0 heterocycles. The third kappa shape index (κ3) is 16.9. The fraction of sp³-hybridized carbons (Fsp3) is 1.00. The second kappa shape index (κ2) is 22.2. The summed E-state index contributed by atoms with van der Waals surface area (Å²) in [5.41, 5.74) is 0. The molecule has 30 heavy (non-hydrogen) atoms. The maximum Gasteiger partial charge on any atom is 0.221 e. The molecule has 0 amide bonds. The van der Waals surface area contributed by atoms with Crippen molar-refractivity contribution < 1.29 is 24.0 Å². The van der Waals surface area contributed by atoms with E-state index in [-0.39, 0.29) is 24.0 Å². The first kappa shape index (κ1) is 33.5. The first-order valence-electron chi connectivity index (χ1n) is 13.8. The topological polar surface area (TPSA) is 0 Å². The average molecular weight is 571 g/mol. The zero-order chi connectivity index (χ0) is 21.8. The highest BCUT2D eigenvalue weighted by Gasteiger charge is 2.48. The summed E-state index contributed by atoms with van der Waals surface area (Å²) in [6.07, 6.45) is 31.5. The first-order chi connectivity index (χ1) is 13.9. The van der Waals surface area contributed by atoms with Gasteiger partial charge in [-0.3, -0.25) is 0 Å². The van der Waals surface area contributed by atoms with Gasteiger partial charge in [-0.05, 0) is 65.0 Å². The minimum Gasteiger partial charge on any atom is -1.00 e. The van der Waals surface area contributed by atoms with Crippen molar-refractivity contribution in [3.8, 4) is 0 Å². The summed E-state index contributed by atoms with van der Waals surface area (Å²) in [4.78, 5) is 0. The van der Waals surface area contributed by atoms with Crippen LogP contribution in [0.25, 0.3) is 0 Å². The van der Waals surface area contributed by atoms with Crippen LogP contribution in [0, 0.1) is 0 Å². The molecule has 0 rings (SSSR count). The van der Waals surface area contributed by atoms with E-state index in [1.165, 1.54) is 96.3 Å². The number of halogens is 1. The Morgan fingerprint density at radius 1 is 0.400 bits per heavy atom. The van der Waals surface area contributed by atoms with E-state index in [4.69, 9.17) is 0 Å². The zero-order valence-corrected chi connectivity index (χ0v) is 26.2. The summed E-state index contributed by atoms with van der Waals surface area (Å²) in [5.74, 6) is 0. The highest BCUT2D eigenvalue weighted by molar-refractivity contribution is 8.07. The van der Waals surface area contributed by atoms with Crippen LogP contribution in [0.4, 0.5) is 0 Å². The van der Waals surface area contributed by atoms with Gasteiger partial charge in [0.2, 0.25) is 7.74 Å². The van der Waals surface area contributed by atoms with E-state index < -0.39 is 14.6 Å². The Labute approximate surface area is 212 Å². The SMILES string of the molecule is CCCCCCCC[P+](CCCCCCCC)(CCCCCCCC)[Si](C)(C)C.[I-]. The molecule has 0 N–H and O–H groups in total. The van der Waals surface area contributed by atoms with Crippen molar-refractivity contribution >= 4 is 14.6 Å². The van der Waals surface area contributed by atoms with Crippen molar-refractivity contribution in [3.63, 3.8) is 0 Å². The van der Waals surface area contributed by atoms with Gasteiger partial charge in [0.25, 0.3) is 0 Å². The summed E-state index contributed by atoms with van der Waals surface area (Å²) in [5, 5.41) is 0. The van der Waals surface area contributed by atoms with Crippen LogP contribution in [0.2, 0.25) is 19.6 Å². The van der Waals surface area contributed by atoms with E-state index in [0.717, 1.165) is 0 Å². The Morgan fingerprint density at radius 3 is 0.867 bits per heavy atom. The molecule has 0 nitrogen and oxygen atoms in total. The molecule has 0 aromatic heterocycles. The van der Waals surface area contributed by atoms with Gasteiger partial charge < -0.3 is 24.0 Å². The maximum absolute atomic E-state index is 2.74. The molecule has 0 spiro atoms. The van der Waals surface area contributed by atoms with Crippen LogP contribution < -0.4 is 24.0 Å². The maximum atomic E-state index is 2.74. The lowest BCUT2D eigenvalue weighted by molar-refractivity contribution is -0.00000678. The lowest BCUT2D eigenvalue weighted by Crippen LogP contribution is -3.00. The number of rotatable bonds is 22. The summed E-state index contributed by atoms with van der Waals surface area (Å²) in [6.45, 7) is 14.5. The fourth-order valence-electron chi connectivity index (χ4n) is 4.93. The first-order valence-corrected chi connectivity index (χ1v) is 20.5. The molecule has 0 radical (unpaired) electrons. The third-order valence-electron chi connectivity index (χ3n) is 7.24. The molecule has 0 saturated carbocycles. The van der Waals surface area contributed by atoms with Gasteiger partial charge in [0.1, 0.15) is 0 Å². The highest BCUT2D eigenvalue weighted by atomic mass is 127. The number of hydrogen-bond donors (Lipinski definition) is 0. The fourth-order valence-corrected chi connectivity index (χ4v) is 17.6. The Morgan fingerprint density at radius 2 is 0.633 bits per heavy atom. The monoisotopic (exact) mass is 570 g/mol. The lowest BCUT2D eigenvalue weighted by Gasteiger charge is -2.38. The molecule has 0 aliphatic carbocycles. The van der Waals surface area contributed by atoms with Crippen molar-refractivity contribution in [2.24, 2.45) is 0 Å². The molecular weight excluding hydrogens is 510 g/mol. The smallest absolute Gasteiger partial charge is 0.221 e. The van der Waals surface area contributed by atoms with Gasteiger partial charge in [0, 0.05) is 18.5 Å². The quantitative estimate of drug-likeness (QED) is 0.0537. The van der Waals surface area contributed by atoms with E-state index in [2.05, 4.69) is 40.4 Å². The summed E-state index contributed by atoms with van der Waals surface area (Å²) < 4.78 is 0. The molecule has 0 aromatic rings. The Balaban J connectivity index is 0. The minimum absolute atomic E-state index is 0. The van der Waals surface area contributed by atoms with Gasteiger partial charge in [-0.1, -0.05) is 97.8 Å². The second-order valence-electron chi connectivity index (χ2n) is 10.8. The van der Waals surface area contributed by atoms with Gasteiger partial charge in [-0.2, -0.15) is 0 Å². The zero-order valence-electron chi connectivity index (χ0n) is 22.2. The van der Waals surface area contributed by atoms with Crippen molar-refractivity contribution in [1.29, 1.82) is 0 Å². The Bertz CT molecular complexity index is 299. The lowest BCUT2D eigenvalue weighted by atomic mass is 10.1. The Hall–Kier alpha value is 1.38. The van der Waals surface area contributed by atoms with E-state index in [9.17, 15) is 0 Å². The van der Waals surface area contributed by atoms with Gasteiger partial charge in [-0.15, -0.1) is 0 Å². The molecule has 0 unspecified atom stereocenters. The number of unbranched alkanes of at least 4 members (excludes halogenated alkanes) is 15. The van der Waals surface area contributed by atoms with Gasteiger partial charge in [0.15, 0.2) is 0 Å². The van der Waals surface area contributed by atoms with Gasteiger partial charge in [-0.25, -0.2) is 0 Å². The van der Waals surface area contributed by atoms with Crippen LogP contribution in [0.3, 0.4) is 0 Å². The van der Waals surface area contributed by atoms with Crippen molar-refractivity contribution in [1.82, 2.24) is 0 Å². The molecule has 0 aliphatic rings. The van der Waals surface area contributed by atoms with Crippen LogP contribution >= 0.6 is 6.81 Å². The predicted octanol–water partition coefficient (Wildman–Crippen LogP) is 7.92. The standard InChI is InChI=1S/C27H60PSi.HI/c1-7-10-13-16-19-22-25-28(29(4,5)6,26-23-20-17-14-11-8-2)27-24-21-18-15-12-9-3;/h7-27H2,1-6H3;1H/q+1;/p-1. The average Bonchev–Trinajstić information content (AvgIpc) is 2.68. The van der Waals surface area contributed by atoms with E-state index >= 15 is 0 Å². The van der Waals surface area contributed by atoms with E-state index in [1.807, 2.05) is 0 Å². The minimum atomic E-state index is -1.05. The molecular formula is C27H60IPSi. The Kier molecular flexibility index (Phi) is 24.8. The molecule has 0 aliphatic heterocycles. The van der Waals surface area contributed by atoms with Crippen molar-refractivity contribution in [3.05, 3.63) is 0 Å². The summed E-state index contributed by atoms with van der Waals surface area (Å²) in [6, 6.07) is 0. The van der Waals surface area contributed by atoms with Crippen LogP contribution in [-0.4, -0.2) is 26.2 Å². The predicted molar refractivity (Wildman–Crippen MR) is 145 cm³/mol. The second-order valence-corrected chi connectivity index (χ2v) is 25.6. The summed E-state index contributed by atoms with van der Waals surface area (Å²) in [7, 11) is -1.05. The van der Waals surface area contributed by atoms with E-state index in [0.29, 0.717) is 0 Å². The van der Waals surface area contributed by atoms with Gasteiger partial charge >= 0.3 is 0 Å². The van der Waals surface area contributed by atoms with Crippen molar-refractivity contribution in [2.45, 2.75) is 156 Å². The van der Waals surface area contributed by atoms with Crippen LogP contribution in [0.5, 0.6) is 0 Å². The van der Waals surface area contributed by atoms with Crippen LogP contribution in [0.15, 0.2) is 0 Å². The highest BCUT2D eigenvalue weighted by Crippen LogP contribution is 2.68. The van der Waals surface area contributed by atoms with Crippen molar-refractivity contribution in [2.75, 3.05) is 18.5 Å². The molecule has 184 valence electrons. The van der Waals surface area contributed by atoms with Crippen LogP contribution in [-0.2, 0) is 0 Å². The molecule has 0 aromatic carbocycles. The molecule has 0 fully saturated rings. The van der Waals surface area contributed by atoms with Gasteiger partial charge in [0.05, 0.1) is 0 Å². The summed E-state index contributed by atoms with van der Waals surface area (Å²) >= 11 is 0. The largest absolute Gasteiger partial charge is 1.00 e. The molecule has 3 heteroatoms. The third-order valence-corrected chi connectivity index (χ3v) is 24.2. The molecule has 0 bridgehead atoms. The van der Waals surface area contributed by atoms with Crippen LogP contribution in [0.1, 0.15) is 136 Å². The molecule has 0 saturated heterocycles.